The Morgan fingerprint density at radius 2 is 2.25 bits per heavy atom. The molecule has 1 saturated heterocycles. The second-order valence-corrected chi connectivity index (χ2v) is 4.05. The summed E-state index contributed by atoms with van der Waals surface area (Å²) >= 11 is 0. The van der Waals surface area contributed by atoms with E-state index in [0.29, 0.717) is 0 Å². The predicted molar refractivity (Wildman–Crippen MR) is 46.3 cm³/mol. The van der Waals surface area contributed by atoms with Gasteiger partial charge in [-0.2, -0.15) is 0 Å². The number of nitrogens with one attached hydrogen (secondary N) is 1. The van der Waals surface area contributed by atoms with Crippen molar-refractivity contribution in [3.05, 3.63) is 6.54 Å². The van der Waals surface area contributed by atoms with Crippen molar-refractivity contribution in [2.45, 2.75) is 32.8 Å². The molecule has 1 atom stereocenters. The standard InChI is InChI=1S/C9H16NO2/c1-9(2,3)12-8(11)7-4-5-10-6-7/h6-7,10H,4-5H2,1-3H3/t7-/m0/s1. The Morgan fingerprint density at radius 3 is 2.67 bits per heavy atom. The van der Waals surface area contributed by atoms with E-state index in [2.05, 4.69) is 5.32 Å². The van der Waals surface area contributed by atoms with E-state index in [0.717, 1.165) is 13.0 Å². The van der Waals surface area contributed by atoms with Crippen molar-refractivity contribution in [3.8, 4) is 0 Å². The summed E-state index contributed by atoms with van der Waals surface area (Å²) < 4.78 is 5.21. The Bertz CT molecular complexity index is 166. The summed E-state index contributed by atoms with van der Waals surface area (Å²) in [6.45, 7) is 8.34. The van der Waals surface area contributed by atoms with Crippen LogP contribution in [-0.2, 0) is 9.53 Å². The molecule has 1 radical (unpaired) electrons. The molecule has 3 heteroatoms. The Kier molecular flexibility index (Phi) is 2.73. The van der Waals surface area contributed by atoms with Gasteiger partial charge in [0, 0.05) is 6.54 Å². The lowest BCUT2D eigenvalue weighted by molar-refractivity contribution is -0.158. The molecule has 0 aromatic carbocycles. The minimum atomic E-state index is -0.368. The molecule has 0 spiro atoms. The monoisotopic (exact) mass is 170 g/mol. The summed E-state index contributed by atoms with van der Waals surface area (Å²) in [4.78, 5) is 11.4. The fraction of sp³-hybridized carbons (Fsp3) is 0.778. The van der Waals surface area contributed by atoms with E-state index in [-0.39, 0.29) is 17.5 Å². The minimum absolute atomic E-state index is 0.0516. The second-order valence-electron chi connectivity index (χ2n) is 4.05. The van der Waals surface area contributed by atoms with Crippen LogP contribution in [0.3, 0.4) is 0 Å². The minimum Gasteiger partial charge on any atom is -0.460 e. The molecule has 3 nitrogen and oxygen atoms in total. The van der Waals surface area contributed by atoms with Crippen molar-refractivity contribution < 1.29 is 9.53 Å². The molecule has 69 valence electrons. The number of rotatable bonds is 1. The molecule has 12 heavy (non-hydrogen) atoms. The molecule has 1 fully saturated rings. The molecular formula is C9H16NO2. The van der Waals surface area contributed by atoms with Gasteiger partial charge < -0.3 is 10.1 Å². The molecule has 1 aliphatic rings. The molecule has 1 N–H and O–H groups in total. The quantitative estimate of drug-likeness (QED) is 0.599. The van der Waals surface area contributed by atoms with Crippen LogP contribution in [0.25, 0.3) is 0 Å². The summed E-state index contributed by atoms with van der Waals surface area (Å²) in [6.07, 6.45) is 0.856. The molecule has 0 aromatic heterocycles. The largest absolute Gasteiger partial charge is 0.460 e. The average molecular weight is 170 g/mol. The van der Waals surface area contributed by atoms with Crippen LogP contribution in [0.1, 0.15) is 27.2 Å². The first-order chi connectivity index (χ1) is 5.49. The third-order valence-corrected chi connectivity index (χ3v) is 1.63. The van der Waals surface area contributed by atoms with Gasteiger partial charge in [0.25, 0.3) is 0 Å². The van der Waals surface area contributed by atoms with E-state index in [1.165, 1.54) is 0 Å². The highest BCUT2D eigenvalue weighted by Crippen LogP contribution is 2.17. The van der Waals surface area contributed by atoms with Crippen LogP contribution >= 0.6 is 0 Å². The number of ether oxygens (including phenoxy) is 1. The van der Waals surface area contributed by atoms with Crippen LogP contribution in [-0.4, -0.2) is 18.1 Å². The second kappa shape index (κ2) is 3.44. The third-order valence-electron chi connectivity index (χ3n) is 1.63. The van der Waals surface area contributed by atoms with Crippen molar-refractivity contribution in [1.82, 2.24) is 5.32 Å². The fourth-order valence-electron chi connectivity index (χ4n) is 1.11. The molecule has 1 rings (SSSR count). The van der Waals surface area contributed by atoms with Gasteiger partial charge in [0.1, 0.15) is 5.60 Å². The number of hydrogen-bond acceptors (Lipinski definition) is 3. The summed E-state index contributed by atoms with van der Waals surface area (Å²) in [7, 11) is 0. The van der Waals surface area contributed by atoms with E-state index in [1.54, 1.807) is 0 Å². The maximum absolute atomic E-state index is 11.4. The van der Waals surface area contributed by atoms with Gasteiger partial charge in [-0.15, -0.1) is 0 Å². The summed E-state index contributed by atoms with van der Waals surface area (Å²) in [5.74, 6) is -0.170. The van der Waals surface area contributed by atoms with Gasteiger partial charge >= 0.3 is 5.97 Å². The smallest absolute Gasteiger partial charge is 0.311 e. The van der Waals surface area contributed by atoms with Crippen LogP contribution in [0.15, 0.2) is 0 Å². The summed E-state index contributed by atoms with van der Waals surface area (Å²) in [5.41, 5.74) is -0.368. The lowest BCUT2D eigenvalue weighted by atomic mass is 10.1. The van der Waals surface area contributed by atoms with Gasteiger partial charge in [-0.1, -0.05) is 0 Å². The molecule has 0 aromatic rings. The summed E-state index contributed by atoms with van der Waals surface area (Å²) in [6, 6.07) is 0. The van der Waals surface area contributed by atoms with Crippen LogP contribution in [0.2, 0.25) is 0 Å². The maximum Gasteiger partial charge on any atom is 0.311 e. The zero-order valence-corrected chi connectivity index (χ0v) is 7.89. The zero-order valence-electron chi connectivity index (χ0n) is 7.89. The number of hydrogen-bond donors (Lipinski definition) is 1. The average Bonchev–Trinajstić information content (AvgIpc) is 2.32. The van der Waals surface area contributed by atoms with Crippen molar-refractivity contribution in [3.63, 3.8) is 0 Å². The van der Waals surface area contributed by atoms with Crippen LogP contribution < -0.4 is 5.32 Å². The van der Waals surface area contributed by atoms with Gasteiger partial charge in [-0.25, -0.2) is 0 Å². The molecule has 0 unspecified atom stereocenters. The van der Waals surface area contributed by atoms with Gasteiger partial charge in [-0.3, -0.25) is 4.79 Å². The lowest BCUT2D eigenvalue weighted by Gasteiger charge is -2.21. The lowest BCUT2D eigenvalue weighted by Crippen LogP contribution is -2.28. The van der Waals surface area contributed by atoms with Gasteiger partial charge in [0.2, 0.25) is 0 Å². The van der Waals surface area contributed by atoms with Crippen molar-refractivity contribution in [1.29, 1.82) is 0 Å². The normalized spacial score (nSPS) is 24.1. The highest BCUT2D eigenvalue weighted by molar-refractivity contribution is 5.74. The van der Waals surface area contributed by atoms with E-state index in [4.69, 9.17) is 4.74 Å². The first kappa shape index (κ1) is 9.52. The first-order valence-electron chi connectivity index (χ1n) is 4.28. The SMILES string of the molecule is CC(C)(C)OC(=O)[C@@H]1[CH]NCC1. The maximum atomic E-state index is 11.4. The number of carbonyl (C=O) groups excluding carboxylic acids is 1. The van der Waals surface area contributed by atoms with E-state index >= 15 is 0 Å². The third kappa shape index (κ3) is 2.81. The topological polar surface area (TPSA) is 38.3 Å². The molecule has 1 aliphatic heterocycles. The molecule has 0 amide bonds. The molecular weight excluding hydrogens is 154 g/mol. The molecule has 0 aliphatic carbocycles. The van der Waals surface area contributed by atoms with Gasteiger partial charge in [-0.05, 0) is 33.7 Å². The molecule has 1 heterocycles. The van der Waals surface area contributed by atoms with Crippen molar-refractivity contribution >= 4 is 5.97 Å². The van der Waals surface area contributed by atoms with Crippen LogP contribution in [0.5, 0.6) is 0 Å². The Hall–Kier alpha value is -0.570. The van der Waals surface area contributed by atoms with E-state index < -0.39 is 0 Å². The number of carbonyl (C=O) groups is 1. The van der Waals surface area contributed by atoms with Gasteiger partial charge in [0.05, 0.1) is 5.92 Å². The fourth-order valence-corrected chi connectivity index (χ4v) is 1.11. The molecule has 0 saturated carbocycles. The van der Waals surface area contributed by atoms with Crippen LogP contribution in [0.4, 0.5) is 0 Å². The van der Waals surface area contributed by atoms with Crippen LogP contribution in [0, 0.1) is 12.5 Å². The Balaban J connectivity index is 2.37. The van der Waals surface area contributed by atoms with Crippen molar-refractivity contribution in [2.24, 2.45) is 5.92 Å². The zero-order chi connectivity index (χ0) is 9.19. The first-order valence-corrected chi connectivity index (χ1v) is 4.28. The highest BCUT2D eigenvalue weighted by Gasteiger charge is 2.27. The predicted octanol–water partition coefficient (Wildman–Crippen LogP) is 1.10. The summed E-state index contributed by atoms with van der Waals surface area (Å²) in [5, 5.41) is 3.01. The Labute approximate surface area is 73.5 Å². The van der Waals surface area contributed by atoms with Gasteiger partial charge in [0.15, 0.2) is 0 Å². The highest BCUT2D eigenvalue weighted by atomic mass is 16.6. The van der Waals surface area contributed by atoms with E-state index in [9.17, 15) is 4.79 Å². The van der Waals surface area contributed by atoms with E-state index in [1.807, 2.05) is 27.3 Å². The van der Waals surface area contributed by atoms with Crippen molar-refractivity contribution in [2.75, 3.05) is 6.54 Å². The molecule has 0 bridgehead atoms. The number of esters is 1. The Morgan fingerprint density at radius 1 is 1.58 bits per heavy atom.